The van der Waals surface area contributed by atoms with Crippen LogP contribution in [-0.2, 0) is 9.47 Å². The summed E-state index contributed by atoms with van der Waals surface area (Å²) in [6.07, 6.45) is 78.3. The second kappa shape index (κ2) is 63.2. The summed E-state index contributed by atoms with van der Waals surface area (Å²) in [6, 6.07) is 0. The van der Waals surface area contributed by atoms with E-state index in [4.69, 9.17) is 9.47 Å². The molecule has 0 aliphatic heterocycles. The number of unbranched alkanes of at least 4 members (excludes halogenated alkanes) is 48. The van der Waals surface area contributed by atoms with Crippen LogP contribution in [0.5, 0.6) is 0 Å². The van der Waals surface area contributed by atoms with Crippen LogP contribution in [0.1, 0.15) is 387 Å². The average molecular weight is 990 g/mol. The van der Waals surface area contributed by atoms with E-state index < -0.39 is 6.10 Å². The molecular formula is C67H136O3. The first-order valence-electron chi connectivity index (χ1n) is 33.5. The van der Waals surface area contributed by atoms with Crippen LogP contribution in [0.25, 0.3) is 0 Å². The highest BCUT2D eigenvalue weighted by molar-refractivity contribution is 4.65. The molecular weight excluding hydrogens is 853 g/mol. The van der Waals surface area contributed by atoms with Crippen LogP contribution in [0.2, 0.25) is 0 Å². The van der Waals surface area contributed by atoms with Crippen molar-refractivity contribution in [2.45, 2.75) is 393 Å². The van der Waals surface area contributed by atoms with E-state index in [1.54, 1.807) is 0 Å². The van der Waals surface area contributed by atoms with Crippen molar-refractivity contribution in [2.24, 2.45) is 11.8 Å². The molecule has 0 spiro atoms. The molecule has 3 heteroatoms. The molecule has 0 saturated heterocycles. The van der Waals surface area contributed by atoms with Gasteiger partial charge in [0.15, 0.2) is 0 Å². The molecule has 0 bridgehead atoms. The first-order valence-corrected chi connectivity index (χ1v) is 33.5. The molecule has 0 aliphatic carbocycles. The summed E-state index contributed by atoms with van der Waals surface area (Å²) in [4.78, 5) is 0. The Balaban J connectivity index is 4.65. The van der Waals surface area contributed by atoms with Crippen LogP contribution in [0.4, 0.5) is 0 Å². The highest BCUT2D eigenvalue weighted by Gasteiger charge is 2.14. The highest BCUT2D eigenvalue weighted by atomic mass is 16.5. The third-order valence-corrected chi connectivity index (χ3v) is 16.2. The average Bonchev–Trinajstić information content (AvgIpc) is 3.36. The maximum Gasteiger partial charge on any atom is 0.101 e. The van der Waals surface area contributed by atoms with Gasteiger partial charge in [0.1, 0.15) is 6.10 Å². The summed E-state index contributed by atoms with van der Waals surface area (Å²) < 4.78 is 12.6. The van der Waals surface area contributed by atoms with Gasteiger partial charge in [0.2, 0.25) is 0 Å². The van der Waals surface area contributed by atoms with Gasteiger partial charge in [-0.1, -0.05) is 362 Å². The number of aliphatic hydroxyl groups excluding tert-OH is 1. The van der Waals surface area contributed by atoms with Crippen molar-refractivity contribution in [2.75, 3.05) is 26.4 Å². The van der Waals surface area contributed by atoms with Crippen LogP contribution in [0.15, 0.2) is 0 Å². The van der Waals surface area contributed by atoms with Crippen molar-refractivity contribution in [3.63, 3.8) is 0 Å². The van der Waals surface area contributed by atoms with Crippen LogP contribution >= 0.6 is 0 Å². The number of hydrogen-bond acceptors (Lipinski definition) is 3. The molecule has 2 unspecified atom stereocenters. The van der Waals surface area contributed by atoms with E-state index in [1.165, 1.54) is 360 Å². The fraction of sp³-hybridized carbons (Fsp3) is 1.00. The van der Waals surface area contributed by atoms with E-state index in [9.17, 15) is 5.11 Å². The summed E-state index contributed by atoms with van der Waals surface area (Å²) in [6.45, 7) is 11.7. The van der Waals surface area contributed by atoms with Gasteiger partial charge >= 0.3 is 0 Å². The molecule has 0 amide bonds. The monoisotopic (exact) mass is 989 g/mol. The molecule has 0 aromatic heterocycles. The zero-order chi connectivity index (χ0) is 50.6. The minimum absolute atomic E-state index is 0.427. The molecule has 0 fully saturated rings. The van der Waals surface area contributed by atoms with Crippen molar-refractivity contribution in [3.8, 4) is 0 Å². The van der Waals surface area contributed by atoms with Crippen LogP contribution < -0.4 is 0 Å². The third kappa shape index (κ3) is 58.8. The molecule has 0 heterocycles. The van der Waals surface area contributed by atoms with Crippen molar-refractivity contribution in [3.05, 3.63) is 0 Å². The first kappa shape index (κ1) is 69.9. The number of hydrogen-bond donors (Lipinski definition) is 1. The van der Waals surface area contributed by atoms with E-state index in [-0.39, 0.29) is 0 Å². The lowest BCUT2D eigenvalue weighted by Gasteiger charge is -2.20. The predicted octanol–water partition coefficient (Wildman–Crippen LogP) is 23.5. The summed E-state index contributed by atoms with van der Waals surface area (Å²) in [7, 11) is 0. The van der Waals surface area contributed by atoms with E-state index >= 15 is 0 Å². The quantitative estimate of drug-likeness (QED) is 0.0617. The molecule has 1 N–H and O–H groups in total. The Morgan fingerprint density at radius 2 is 0.343 bits per heavy atom. The summed E-state index contributed by atoms with van der Waals surface area (Å²) in [5.74, 6) is 1.28. The lowest BCUT2D eigenvalue weighted by molar-refractivity contribution is -0.0349. The third-order valence-electron chi connectivity index (χ3n) is 16.2. The topological polar surface area (TPSA) is 38.7 Å². The SMILES string of the molecule is CCCCCCCCCCCCCCCCC(CCCCCCCCCCCCCC)COCC(O)COCC(CCCCCCCCCCCCCC)CCCCCCCCCCCCCCCC. The minimum atomic E-state index is -0.512. The van der Waals surface area contributed by atoms with Gasteiger partial charge in [-0.3, -0.25) is 0 Å². The van der Waals surface area contributed by atoms with Crippen LogP contribution in [0.3, 0.4) is 0 Å². The number of aliphatic hydroxyl groups is 1. The summed E-state index contributed by atoms with van der Waals surface area (Å²) >= 11 is 0. The van der Waals surface area contributed by atoms with Gasteiger partial charge in [0.25, 0.3) is 0 Å². The lowest BCUT2D eigenvalue weighted by Crippen LogP contribution is -2.25. The standard InChI is InChI=1S/C67H136O3/c1-5-9-13-17-21-25-29-33-35-39-43-47-51-55-59-65(57-53-49-45-41-37-31-27-23-19-15-11-7-3)61-69-63-67(68)64-70-62-66(58-54-50-46-42-38-32-28-24-20-16-12-8-4)60-56-52-48-44-40-36-34-30-26-22-18-14-10-6-2/h65-68H,5-64H2,1-4H3. The Hall–Kier alpha value is -0.120. The molecule has 2 atom stereocenters. The predicted molar refractivity (Wildman–Crippen MR) is 316 cm³/mol. The second-order valence-corrected chi connectivity index (χ2v) is 23.6. The van der Waals surface area contributed by atoms with Crippen molar-refractivity contribution >= 4 is 0 Å². The maximum atomic E-state index is 11.0. The van der Waals surface area contributed by atoms with Gasteiger partial charge in [-0.25, -0.2) is 0 Å². The van der Waals surface area contributed by atoms with E-state index in [0.29, 0.717) is 25.0 Å². The van der Waals surface area contributed by atoms with E-state index in [1.807, 2.05) is 0 Å². The first-order chi connectivity index (χ1) is 34.7. The molecule has 70 heavy (non-hydrogen) atoms. The lowest BCUT2D eigenvalue weighted by atomic mass is 9.94. The fourth-order valence-electron chi connectivity index (χ4n) is 11.2. The van der Waals surface area contributed by atoms with Crippen molar-refractivity contribution in [1.82, 2.24) is 0 Å². The zero-order valence-corrected chi connectivity index (χ0v) is 49.4. The number of rotatable bonds is 64. The Kier molecular flexibility index (Phi) is 63.1. The maximum absolute atomic E-state index is 11.0. The highest BCUT2D eigenvalue weighted by Crippen LogP contribution is 2.23. The largest absolute Gasteiger partial charge is 0.388 e. The Bertz CT molecular complexity index is 821. The Morgan fingerprint density at radius 3 is 0.500 bits per heavy atom. The van der Waals surface area contributed by atoms with Gasteiger partial charge in [-0.15, -0.1) is 0 Å². The molecule has 422 valence electrons. The van der Waals surface area contributed by atoms with Crippen LogP contribution in [0, 0.1) is 11.8 Å². The van der Waals surface area contributed by atoms with E-state index in [0.717, 1.165) is 13.2 Å². The Labute approximate surface area is 444 Å². The van der Waals surface area contributed by atoms with Gasteiger partial charge < -0.3 is 14.6 Å². The van der Waals surface area contributed by atoms with Crippen molar-refractivity contribution in [1.29, 1.82) is 0 Å². The fourth-order valence-corrected chi connectivity index (χ4v) is 11.2. The second-order valence-electron chi connectivity index (χ2n) is 23.6. The Morgan fingerprint density at radius 1 is 0.200 bits per heavy atom. The molecule has 0 aliphatic rings. The molecule has 0 radical (unpaired) electrons. The minimum Gasteiger partial charge on any atom is -0.388 e. The normalized spacial score (nSPS) is 13.2. The van der Waals surface area contributed by atoms with Gasteiger partial charge in [0.05, 0.1) is 13.2 Å². The molecule has 0 saturated carbocycles. The van der Waals surface area contributed by atoms with Crippen LogP contribution in [-0.4, -0.2) is 37.6 Å². The summed E-state index contributed by atoms with van der Waals surface area (Å²) in [5, 5.41) is 11.0. The van der Waals surface area contributed by atoms with Crippen molar-refractivity contribution < 1.29 is 14.6 Å². The molecule has 0 aromatic rings. The van der Waals surface area contributed by atoms with E-state index in [2.05, 4.69) is 27.7 Å². The molecule has 0 aromatic carbocycles. The zero-order valence-electron chi connectivity index (χ0n) is 49.4. The van der Waals surface area contributed by atoms with Gasteiger partial charge in [0, 0.05) is 13.2 Å². The smallest absolute Gasteiger partial charge is 0.101 e. The van der Waals surface area contributed by atoms with Gasteiger partial charge in [-0.05, 0) is 37.5 Å². The van der Waals surface area contributed by atoms with Gasteiger partial charge in [-0.2, -0.15) is 0 Å². The molecule has 0 rings (SSSR count). The summed E-state index contributed by atoms with van der Waals surface area (Å²) in [5.41, 5.74) is 0. The molecule has 3 nitrogen and oxygen atoms in total. The number of ether oxygens (including phenoxy) is 2.